The van der Waals surface area contributed by atoms with Gasteiger partial charge in [-0.05, 0) is 32.0 Å². The maximum atomic E-state index is 11.9. The molecule has 1 aromatic carbocycles. The lowest BCUT2D eigenvalue weighted by Gasteiger charge is -2.12. The number of carbonyl (C=O) groups excluding carboxylic acids is 2. The molecule has 0 saturated heterocycles. The summed E-state index contributed by atoms with van der Waals surface area (Å²) >= 11 is 0. The minimum atomic E-state index is -0.972. The largest absolute Gasteiger partial charge is 0.496 e. The predicted octanol–water partition coefficient (Wildman–Crippen LogP) is 1.26. The molecule has 0 spiro atoms. The number of ether oxygens (including phenoxy) is 3. The van der Waals surface area contributed by atoms with Gasteiger partial charge in [0.2, 0.25) is 0 Å². The smallest absolute Gasteiger partial charge is 0.338 e. The average Bonchev–Trinajstić information content (AvgIpc) is 2.44. The Morgan fingerprint density at radius 2 is 2.05 bits per heavy atom. The van der Waals surface area contributed by atoms with Crippen LogP contribution in [0.2, 0.25) is 0 Å². The van der Waals surface area contributed by atoms with E-state index in [9.17, 15) is 9.59 Å². The molecule has 110 valence electrons. The van der Waals surface area contributed by atoms with Crippen molar-refractivity contribution < 1.29 is 23.8 Å². The van der Waals surface area contributed by atoms with Crippen molar-refractivity contribution in [3.05, 3.63) is 29.3 Å². The van der Waals surface area contributed by atoms with Crippen LogP contribution in [0.3, 0.4) is 0 Å². The molecule has 0 aliphatic carbocycles. The van der Waals surface area contributed by atoms with E-state index in [0.717, 1.165) is 5.56 Å². The normalized spacial score (nSPS) is 11.8. The number of benzene rings is 1. The monoisotopic (exact) mass is 281 g/mol. The van der Waals surface area contributed by atoms with Gasteiger partial charge < -0.3 is 19.9 Å². The summed E-state index contributed by atoms with van der Waals surface area (Å²) in [6.45, 7) is 4.17. The molecule has 20 heavy (non-hydrogen) atoms. The molecule has 0 radical (unpaired) electrons. The highest BCUT2D eigenvalue weighted by molar-refractivity contribution is 5.92. The number of nitrogens with two attached hydrogens (primary N) is 1. The van der Waals surface area contributed by atoms with Crippen LogP contribution in [-0.4, -0.2) is 31.7 Å². The molecular formula is C14H19NO5. The maximum Gasteiger partial charge on any atom is 0.338 e. The Kier molecular flexibility index (Phi) is 5.99. The Morgan fingerprint density at radius 3 is 2.60 bits per heavy atom. The molecule has 0 bridgehead atoms. The first-order valence-electron chi connectivity index (χ1n) is 6.24. The van der Waals surface area contributed by atoms with Gasteiger partial charge in [-0.1, -0.05) is 0 Å². The summed E-state index contributed by atoms with van der Waals surface area (Å²) in [6.07, 6.45) is -0.972. The molecule has 1 rings (SSSR count). The van der Waals surface area contributed by atoms with Gasteiger partial charge in [0.25, 0.3) is 5.91 Å². The van der Waals surface area contributed by atoms with Crippen LogP contribution in [0.4, 0.5) is 0 Å². The number of amides is 1. The molecule has 0 aliphatic heterocycles. The predicted molar refractivity (Wildman–Crippen MR) is 72.4 cm³/mol. The topological polar surface area (TPSA) is 87.9 Å². The van der Waals surface area contributed by atoms with Gasteiger partial charge in [-0.2, -0.15) is 0 Å². The summed E-state index contributed by atoms with van der Waals surface area (Å²) < 4.78 is 15.4. The first-order chi connectivity index (χ1) is 9.49. The third kappa shape index (κ3) is 4.24. The highest BCUT2D eigenvalue weighted by Crippen LogP contribution is 2.21. The second-order valence-corrected chi connectivity index (χ2v) is 4.11. The van der Waals surface area contributed by atoms with Gasteiger partial charge in [0.05, 0.1) is 19.3 Å². The summed E-state index contributed by atoms with van der Waals surface area (Å²) in [6, 6.07) is 4.83. The molecule has 1 atom stereocenters. The van der Waals surface area contributed by atoms with E-state index < -0.39 is 18.0 Å². The zero-order valence-corrected chi connectivity index (χ0v) is 11.8. The lowest BCUT2D eigenvalue weighted by molar-refractivity contribution is -0.125. The number of rotatable bonds is 7. The second-order valence-electron chi connectivity index (χ2n) is 4.11. The van der Waals surface area contributed by atoms with Gasteiger partial charge in [0.15, 0.2) is 6.10 Å². The first-order valence-corrected chi connectivity index (χ1v) is 6.24. The molecule has 0 saturated carbocycles. The lowest BCUT2D eigenvalue weighted by atomic mass is 10.1. The molecule has 2 N–H and O–H groups in total. The molecule has 1 aromatic rings. The number of carbonyl (C=O) groups is 2. The Morgan fingerprint density at radius 1 is 1.35 bits per heavy atom. The molecule has 0 aromatic heterocycles. The van der Waals surface area contributed by atoms with Crippen molar-refractivity contribution in [2.75, 3.05) is 13.7 Å². The second kappa shape index (κ2) is 7.49. The van der Waals surface area contributed by atoms with Crippen LogP contribution < -0.4 is 10.5 Å². The Hall–Kier alpha value is -2.08. The molecule has 0 aliphatic rings. The van der Waals surface area contributed by atoms with Crippen LogP contribution in [0.5, 0.6) is 5.75 Å². The zero-order chi connectivity index (χ0) is 15.1. The summed E-state index contributed by atoms with van der Waals surface area (Å²) in [7, 11) is 1.54. The fourth-order valence-electron chi connectivity index (χ4n) is 1.52. The minimum absolute atomic E-state index is 0.314. The van der Waals surface area contributed by atoms with Crippen LogP contribution in [-0.2, 0) is 20.9 Å². The highest BCUT2D eigenvalue weighted by atomic mass is 16.5. The molecule has 0 fully saturated rings. The van der Waals surface area contributed by atoms with Crippen molar-refractivity contribution in [1.82, 2.24) is 0 Å². The Balaban J connectivity index is 2.89. The molecule has 1 amide bonds. The molecule has 6 nitrogen and oxygen atoms in total. The Bertz CT molecular complexity index is 486. The number of hydrogen-bond acceptors (Lipinski definition) is 5. The molecule has 0 heterocycles. The number of primary amides is 1. The van der Waals surface area contributed by atoms with Gasteiger partial charge in [0, 0.05) is 12.2 Å². The van der Waals surface area contributed by atoms with Crippen molar-refractivity contribution >= 4 is 11.9 Å². The van der Waals surface area contributed by atoms with Crippen molar-refractivity contribution in [2.45, 2.75) is 26.6 Å². The number of esters is 1. The zero-order valence-electron chi connectivity index (χ0n) is 11.8. The fourth-order valence-corrected chi connectivity index (χ4v) is 1.52. The van der Waals surface area contributed by atoms with Crippen molar-refractivity contribution in [1.29, 1.82) is 0 Å². The van der Waals surface area contributed by atoms with Crippen molar-refractivity contribution in [3.8, 4) is 5.75 Å². The first kappa shape index (κ1) is 16.0. The summed E-state index contributed by atoms with van der Waals surface area (Å²) in [5, 5.41) is 0. The van der Waals surface area contributed by atoms with E-state index in [1.54, 1.807) is 18.2 Å². The van der Waals surface area contributed by atoms with E-state index in [2.05, 4.69) is 0 Å². The van der Waals surface area contributed by atoms with Gasteiger partial charge in [0.1, 0.15) is 5.75 Å². The third-order valence-electron chi connectivity index (χ3n) is 2.66. The summed E-state index contributed by atoms with van der Waals surface area (Å²) in [5.41, 5.74) is 6.09. The molecular weight excluding hydrogens is 262 g/mol. The summed E-state index contributed by atoms with van der Waals surface area (Å²) in [4.78, 5) is 22.8. The van der Waals surface area contributed by atoms with Crippen LogP contribution in [0, 0.1) is 0 Å². The standard InChI is InChI=1S/C14H19NO5/c1-4-19-8-11-7-10(5-6-12(11)18-3)14(17)20-9(2)13(15)16/h5-7,9H,4,8H2,1-3H3,(H2,15,16)/t9-/m1/s1. The van der Waals surface area contributed by atoms with Gasteiger partial charge in [-0.25, -0.2) is 4.79 Å². The van der Waals surface area contributed by atoms with E-state index >= 15 is 0 Å². The Labute approximate surface area is 117 Å². The van der Waals surface area contributed by atoms with E-state index in [-0.39, 0.29) is 0 Å². The van der Waals surface area contributed by atoms with Gasteiger partial charge in [-0.15, -0.1) is 0 Å². The lowest BCUT2D eigenvalue weighted by Crippen LogP contribution is -2.30. The van der Waals surface area contributed by atoms with E-state index in [1.807, 2.05) is 6.92 Å². The van der Waals surface area contributed by atoms with Gasteiger partial charge >= 0.3 is 5.97 Å². The number of methoxy groups -OCH3 is 1. The van der Waals surface area contributed by atoms with Crippen LogP contribution >= 0.6 is 0 Å². The number of hydrogen-bond donors (Lipinski definition) is 1. The SMILES string of the molecule is CCOCc1cc(C(=O)O[C@H](C)C(N)=O)ccc1OC. The fraction of sp³-hybridized carbons (Fsp3) is 0.429. The van der Waals surface area contributed by atoms with E-state index in [0.29, 0.717) is 24.5 Å². The quantitative estimate of drug-likeness (QED) is 0.760. The van der Waals surface area contributed by atoms with E-state index in [1.165, 1.54) is 14.0 Å². The maximum absolute atomic E-state index is 11.9. The van der Waals surface area contributed by atoms with Gasteiger partial charge in [-0.3, -0.25) is 4.79 Å². The van der Waals surface area contributed by atoms with E-state index in [4.69, 9.17) is 19.9 Å². The molecule has 6 heteroatoms. The average molecular weight is 281 g/mol. The van der Waals surface area contributed by atoms with Crippen LogP contribution in [0.15, 0.2) is 18.2 Å². The highest BCUT2D eigenvalue weighted by Gasteiger charge is 2.17. The molecule has 0 unspecified atom stereocenters. The van der Waals surface area contributed by atoms with Crippen molar-refractivity contribution in [3.63, 3.8) is 0 Å². The van der Waals surface area contributed by atoms with Crippen LogP contribution in [0.1, 0.15) is 29.8 Å². The summed E-state index contributed by atoms with van der Waals surface area (Å²) in [5.74, 6) is -0.684. The third-order valence-corrected chi connectivity index (χ3v) is 2.66. The van der Waals surface area contributed by atoms with Crippen molar-refractivity contribution in [2.24, 2.45) is 5.73 Å². The minimum Gasteiger partial charge on any atom is -0.496 e. The van der Waals surface area contributed by atoms with Crippen LogP contribution in [0.25, 0.3) is 0 Å².